The molecule has 1 N–H and O–H groups in total. The highest BCUT2D eigenvalue weighted by molar-refractivity contribution is 5.68. The molecule has 0 bridgehead atoms. The van der Waals surface area contributed by atoms with Crippen LogP contribution in [0.2, 0.25) is 0 Å². The molecule has 1 unspecified atom stereocenters. The molecule has 29 heavy (non-hydrogen) atoms. The zero-order chi connectivity index (χ0) is 20.6. The van der Waals surface area contributed by atoms with Crippen LogP contribution in [-0.2, 0) is 11.2 Å². The summed E-state index contributed by atoms with van der Waals surface area (Å²) in [5.74, 6) is -0.0354. The molecule has 2 atom stereocenters. The van der Waals surface area contributed by atoms with Gasteiger partial charge in [-0.2, -0.15) is 0 Å². The summed E-state index contributed by atoms with van der Waals surface area (Å²) in [6.07, 6.45) is -3.53. The molecule has 1 aliphatic heterocycles. The first-order valence-corrected chi connectivity index (χ1v) is 9.29. The first-order chi connectivity index (χ1) is 13.8. The van der Waals surface area contributed by atoms with E-state index in [0.29, 0.717) is 43.1 Å². The Balaban J connectivity index is 1.43. The molecule has 4 rings (SSSR count). The van der Waals surface area contributed by atoms with Crippen LogP contribution in [0.5, 0.6) is 17.2 Å². The second kappa shape index (κ2) is 7.50. The molecule has 5 nitrogen and oxygen atoms in total. The summed E-state index contributed by atoms with van der Waals surface area (Å²) in [7, 11) is 0. The van der Waals surface area contributed by atoms with Crippen molar-refractivity contribution in [2.45, 2.75) is 37.5 Å². The number of ether oxygens (including phenoxy) is 3. The summed E-state index contributed by atoms with van der Waals surface area (Å²) in [4.78, 5) is 10.9. The highest BCUT2D eigenvalue weighted by atomic mass is 19.4. The maximum atomic E-state index is 12.6. The fourth-order valence-corrected chi connectivity index (χ4v) is 4.02. The van der Waals surface area contributed by atoms with Crippen molar-refractivity contribution in [2.24, 2.45) is 0 Å². The van der Waals surface area contributed by atoms with Gasteiger partial charge in [0, 0.05) is 23.5 Å². The Morgan fingerprint density at radius 3 is 2.76 bits per heavy atom. The molecule has 1 aliphatic carbocycles. The smallest absolute Gasteiger partial charge is 0.493 e. The molecule has 1 heterocycles. The molecule has 0 amide bonds. The lowest BCUT2D eigenvalue weighted by molar-refractivity contribution is -0.274. The van der Waals surface area contributed by atoms with Crippen molar-refractivity contribution >= 4 is 5.97 Å². The third-order valence-corrected chi connectivity index (χ3v) is 5.31. The molecule has 0 fully saturated rings. The largest absolute Gasteiger partial charge is 0.573 e. The monoisotopic (exact) mass is 408 g/mol. The number of halogens is 3. The summed E-state index contributed by atoms with van der Waals surface area (Å²) >= 11 is 0. The minimum atomic E-state index is -4.72. The third kappa shape index (κ3) is 4.26. The van der Waals surface area contributed by atoms with Crippen LogP contribution in [0.4, 0.5) is 13.2 Å². The van der Waals surface area contributed by atoms with Crippen LogP contribution >= 0.6 is 0 Å². The molecular weight excluding hydrogens is 389 g/mol. The fraction of sp³-hybridized carbons (Fsp3) is 0.381. The Morgan fingerprint density at radius 2 is 2.00 bits per heavy atom. The predicted molar refractivity (Wildman–Crippen MR) is 96.6 cm³/mol. The highest BCUT2D eigenvalue weighted by Crippen LogP contribution is 2.41. The number of carbonyl (C=O) groups is 1. The van der Waals surface area contributed by atoms with Gasteiger partial charge in [0.25, 0.3) is 0 Å². The lowest BCUT2D eigenvalue weighted by atomic mass is 9.98. The van der Waals surface area contributed by atoms with E-state index in [1.165, 1.54) is 6.07 Å². The average molecular weight is 408 g/mol. The lowest BCUT2D eigenvalue weighted by Gasteiger charge is -2.16. The average Bonchev–Trinajstić information content (AvgIpc) is 3.23. The minimum absolute atomic E-state index is 0.00833. The van der Waals surface area contributed by atoms with Crippen molar-refractivity contribution < 1.29 is 37.3 Å². The minimum Gasteiger partial charge on any atom is -0.493 e. The summed E-state index contributed by atoms with van der Waals surface area (Å²) in [5, 5.41) is 8.97. The van der Waals surface area contributed by atoms with E-state index in [1.54, 1.807) is 18.2 Å². The zero-order valence-corrected chi connectivity index (χ0v) is 15.4. The van der Waals surface area contributed by atoms with Gasteiger partial charge in [-0.05, 0) is 36.1 Å². The molecule has 0 saturated heterocycles. The molecule has 154 valence electrons. The van der Waals surface area contributed by atoms with Crippen LogP contribution in [-0.4, -0.2) is 30.7 Å². The maximum absolute atomic E-state index is 12.6. The van der Waals surface area contributed by atoms with Crippen LogP contribution in [0.1, 0.15) is 41.4 Å². The molecule has 2 aromatic carbocycles. The van der Waals surface area contributed by atoms with E-state index in [2.05, 4.69) is 4.74 Å². The molecule has 0 radical (unpaired) electrons. The molecule has 2 aliphatic rings. The number of carboxylic acid groups (broad SMARTS) is 1. The molecular formula is C21H19F3O5. The fourth-order valence-electron chi connectivity index (χ4n) is 4.02. The quantitative estimate of drug-likeness (QED) is 0.754. The first kappa shape index (κ1) is 19.4. The van der Waals surface area contributed by atoms with Gasteiger partial charge in [0.05, 0.1) is 19.6 Å². The predicted octanol–water partition coefficient (Wildman–Crippen LogP) is 4.64. The number of fused-ring (bicyclic) bond motifs is 2. The van der Waals surface area contributed by atoms with Crippen LogP contribution in [0, 0.1) is 0 Å². The molecule has 8 heteroatoms. The summed E-state index contributed by atoms with van der Waals surface area (Å²) in [6.45, 7) is 0.642. The second-order valence-electron chi connectivity index (χ2n) is 7.22. The zero-order valence-electron chi connectivity index (χ0n) is 15.4. The maximum Gasteiger partial charge on any atom is 0.573 e. The van der Waals surface area contributed by atoms with Crippen molar-refractivity contribution in [1.82, 2.24) is 0 Å². The number of rotatable bonds is 6. The second-order valence-corrected chi connectivity index (χ2v) is 7.22. The van der Waals surface area contributed by atoms with Crippen molar-refractivity contribution in [3.63, 3.8) is 0 Å². The van der Waals surface area contributed by atoms with Gasteiger partial charge >= 0.3 is 12.3 Å². The Labute approximate surface area is 165 Å². The van der Waals surface area contributed by atoms with Crippen molar-refractivity contribution in [1.29, 1.82) is 0 Å². The molecule has 0 spiro atoms. The van der Waals surface area contributed by atoms with E-state index >= 15 is 0 Å². The van der Waals surface area contributed by atoms with Gasteiger partial charge in [-0.1, -0.05) is 18.2 Å². The van der Waals surface area contributed by atoms with Crippen molar-refractivity contribution in [2.75, 3.05) is 13.2 Å². The van der Waals surface area contributed by atoms with Gasteiger partial charge in [0.15, 0.2) is 0 Å². The van der Waals surface area contributed by atoms with Gasteiger partial charge in [0.1, 0.15) is 17.2 Å². The summed E-state index contributed by atoms with van der Waals surface area (Å²) in [6, 6.07) is 10.0. The third-order valence-electron chi connectivity index (χ3n) is 5.31. The first-order valence-electron chi connectivity index (χ1n) is 9.29. The number of carboxylic acids is 1. The van der Waals surface area contributed by atoms with Gasteiger partial charge in [-0.3, -0.25) is 4.79 Å². The Kier molecular flexibility index (Phi) is 5.02. The van der Waals surface area contributed by atoms with Crippen LogP contribution in [0.3, 0.4) is 0 Å². The Hall–Kier alpha value is -2.90. The van der Waals surface area contributed by atoms with Crippen LogP contribution in [0.15, 0.2) is 36.4 Å². The molecule has 0 aromatic heterocycles. The Bertz CT molecular complexity index is 925. The number of hydrogen-bond acceptors (Lipinski definition) is 4. The Morgan fingerprint density at radius 1 is 1.17 bits per heavy atom. The van der Waals surface area contributed by atoms with E-state index < -0.39 is 12.3 Å². The van der Waals surface area contributed by atoms with E-state index in [0.717, 1.165) is 11.1 Å². The van der Waals surface area contributed by atoms with Gasteiger partial charge in [-0.15, -0.1) is 13.2 Å². The van der Waals surface area contributed by atoms with E-state index in [9.17, 15) is 18.0 Å². The molecule has 2 aromatic rings. The highest BCUT2D eigenvalue weighted by Gasteiger charge is 2.34. The number of benzene rings is 2. The summed E-state index contributed by atoms with van der Waals surface area (Å²) in [5.41, 5.74) is 2.23. The van der Waals surface area contributed by atoms with Crippen molar-refractivity contribution in [3.8, 4) is 17.2 Å². The van der Waals surface area contributed by atoms with Gasteiger partial charge in [0.2, 0.25) is 0 Å². The van der Waals surface area contributed by atoms with E-state index in [4.69, 9.17) is 14.6 Å². The number of alkyl halides is 3. The van der Waals surface area contributed by atoms with Gasteiger partial charge in [-0.25, -0.2) is 0 Å². The normalized spacial score (nSPS) is 20.0. The summed E-state index contributed by atoms with van der Waals surface area (Å²) < 4.78 is 53.4. The van der Waals surface area contributed by atoms with E-state index in [1.807, 2.05) is 12.1 Å². The van der Waals surface area contributed by atoms with Crippen LogP contribution in [0.25, 0.3) is 0 Å². The molecule has 0 saturated carbocycles. The topological polar surface area (TPSA) is 65.0 Å². The number of hydrogen-bond donors (Lipinski definition) is 1. The SMILES string of the molecule is O=C(O)C[C@@H]1COc2cc(OCC3CCc4c(OC(F)(F)F)cccc43)ccc21. The lowest BCUT2D eigenvalue weighted by Crippen LogP contribution is -2.18. The standard InChI is InChI=1S/C21H19F3O5/c22-21(23,24)29-18-3-1-2-15-12(4-6-17(15)18)10-27-14-5-7-16-13(8-20(25)26)11-28-19(16)9-14/h1-3,5,7,9,12-13H,4,6,8,10-11H2,(H,25,26)/t12?,13-/m1/s1. The van der Waals surface area contributed by atoms with Crippen molar-refractivity contribution in [3.05, 3.63) is 53.1 Å². The van der Waals surface area contributed by atoms with Gasteiger partial charge < -0.3 is 19.3 Å². The number of aliphatic carboxylic acids is 1. The van der Waals surface area contributed by atoms with E-state index in [-0.39, 0.29) is 24.0 Å². The van der Waals surface area contributed by atoms with Crippen LogP contribution < -0.4 is 14.2 Å².